The molecule has 5 nitrogen and oxygen atoms in total. The Morgan fingerprint density at radius 3 is 3.22 bits per heavy atom. The van der Waals surface area contributed by atoms with Crippen molar-refractivity contribution in [3.05, 3.63) is 28.7 Å². The van der Waals surface area contributed by atoms with E-state index in [1.807, 2.05) is 18.2 Å². The molecular weight excluding hydrogens is 230 g/mol. The summed E-state index contributed by atoms with van der Waals surface area (Å²) in [5.41, 5.74) is 2.47. The molecule has 1 saturated heterocycles. The summed E-state index contributed by atoms with van der Waals surface area (Å²) in [4.78, 5) is 11.4. The van der Waals surface area contributed by atoms with E-state index >= 15 is 0 Å². The van der Waals surface area contributed by atoms with Crippen LogP contribution < -0.4 is 16.4 Å². The van der Waals surface area contributed by atoms with Crippen molar-refractivity contribution in [1.82, 2.24) is 9.88 Å². The summed E-state index contributed by atoms with van der Waals surface area (Å²) >= 11 is 0. The van der Waals surface area contributed by atoms with Gasteiger partial charge in [-0.25, -0.2) is 4.79 Å². The smallest absolute Gasteiger partial charge is 0.408 e. The number of rotatable bonds is 3. The lowest BCUT2D eigenvalue weighted by molar-refractivity contribution is 0.528. The molecule has 1 fully saturated rings. The summed E-state index contributed by atoms with van der Waals surface area (Å²) in [5, 5.41) is 6.74. The molecule has 0 radical (unpaired) electrons. The van der Waals surface area contributed by atoms with Crippen molar-refractivity contribution >= 4 is 16.8 Å². The largest absolute Gasteiger partial charge is 0.419 e. The highest BCUT2D eigenvalue weighted by atomic mass is 16.4. The minimum atomic E-state index is -0.317. The van der Waals surface area contributed by atoms with Crippen LogP contribution in [0.25, 0.3) is 11.1 Å². The van der Waals surface area contributed by atoms with E-state index in [0.717, 1.165) is 30.8 Å². The average molecular weight is 247 g/mol. The molecule has 0 saturated carbocycles. The number of hydrogen-bond donors (Lipinski definition) is 2. The van der Waals surface area contributed by atoms with Crippen molar-refractivity contribution < 1.29 is 4.42 Å². The molecule has 2 aromatic rings. The minimum absolute atomic E-state index is 0.317. The second-order valence-corrected chi connectivity index (χ2v) is 4.85. The molecule has 1 unspecified atom stereocenters. The van der Waals surface area contributed by atoms with Gasteiger partial charge in [-0.15, -0.1) is 0 Å². The zero-order valence-corrected chi connectivity index (χ0v) is 10.4. The first-order valence-corrected chi connectivity index (χ1v) is 6.28. The zero-order chi connectivity index (χ0) is 12.5. The van der Waals surface area contributed by atoms with Gasteiger partial charge in [0.15, 0.2) is 5.58 Å². The van der Waals surface area contributed by atoms with Crippen molar-refractivity contribution in [2.24, 2.45) is 13.0 Å². The predicted molar refractivity (Wildman–Crippen MR) is 70.9 cm³/mol. The van der Waals surface area contributed by atoms with Crippen molar-refractivity contribution in [2.45, 2.75) is 6.42 Å². The molecule has 5 heteroatoms. The Hall–Kier alpha value is -1.75. The van der Waals surface area contributed by atoms with Crippen molar-refractivity contribution in [1.29, 1.82) is 0 Å². The van der Waals surface area contributed by atoms with Gasteiger partial charge in [0, 0.05) is 25.3 Å². The number of nitrogens with one attached hydrogen (secondary N) is 2. The fourth-order valence-electron chi connectivity index (χ4n) is 2.39. The Morgan fingerprint density at radius 2 is 2.44 bits per heavy atom. The van der Waals surface area contributed by atoms with Crippen LogP contribution in [-0.4, -0.2) is 24.2 Å². The molecular formula is C13H17N3O2. The van der Waals surface area contributed by atoms with E-state index in [0.29, 0.717) is 11.5 Å². The monoisotopic (exact) mass is 247 g/mol. The molecule has 2 N–H and O–H groups in total. The average Bonchev–Trinajstić information content (AvgIpc) is 2.97. The Bertz CT molecular complexity index is 608. The van der Waals surface area contributed by atoms with Gasteiger partial charge in [-0.05, 0) is 37.6 Å². The summed E-state index contributed by atoms with van der Waals surface area (Å²) in [6.45, 7) is 3.14. The van der Waals surface area contributed by atoms with Crippen LogP contribution >= 0.6 is 0 Å². The summed E-state index contributed by atoms with van der Waals surface area (Å²) in [6, 6.07) is 5.79. The lowest BCUT2D eigenvalue weighted by Gasteiger charge is -2.10. The molecule has 2 heterocycles. The summed E-state index contributed by atoms with van der Waals surface area (Å²) < 4.78 is 6.68. The third kappa shape index (κ3) is 2.01. The Kier molecular flexibility index (Phi) is 2.83. The van der Waals surface area contributed by atoms with Crippen LogP contribution in [0, 0.1) is 5.92 Å². The number of fused-ring (bicyclic) bond motifs is 1. The van der Waals surface area contributed by atoms with Crippen LogP contribution in [-0.2, 0) is 7.05 Å². The first kappa shape index (κ1) is 11.3. The standard InChI is InChI=1S/C13H17N3O2/c1-16-11-3-2-10(6-12(11)18-13(16)17)15-8-9-4-5-14-7-9/h2-3,6,9,14-15H,4-5,7-8H2,1H3. The maximum Gasteiger partial charge on any atom is 0.419 e. The molecule has 0 bridgehead atoms. The Balaban J connectivity index is 1.78. The van der Waals surface area contributed by atoms with Gasteiger partial charge in [-0.3, -0.25) is 4.57 Å². The third-order valence-corrected chi connectivity index (χ3v) is 3.55. The third-order valence-electron chi connectivity index (χ3n) is 3.55. The second kappa shape index (κ2) is 4.49. The van der Waals surface area contributed by atoms with Gasteiger partial charge in [-0.2, -0.15) is 0 Å². The highest BCUT2D eigenvalue weighted by Crippen LogP contribution is 2.18. The van der Waals surface area contributed by atoms with Gasteiger partial charge in [0.05, 0.1) is 5.52 Å². The molecule has 1 atom stereocenters. The molecule has 1 aromatic heterocycles. The highest BCUT2D eigenvalue weighted by molar-refractivity contribution is 5.77. The van der Waals surface area contributed by atoms with E-state index in [1.165, 1.54) is 11.0 Å². The number of aromatic nitrogens is 1. The van der Waals surface area contributed by atoms with Crippen LogP contribution in [0.2, 0.25) is 0 Å². The SMILES string of the molecule is Cn1c(=O)oc2cc(NCC3CCNC3)ccc21. The van der Waals surface area contributed by atoms with E-state index in [2.05, 4.69) is 10.6 Å². The molecule has 96 valence electrons. The molecule has 1 aliphatic rings. The number of nitrogens with zero attached hydrogens (tertiary/aromatic N) is 1. The lowest BCUT2D eigenvalue weighted by atomic mass is 10.1. The number of oxazole rings is 1. The van der Waals surface area contributed by atoms with Gasteiger partial charge in [-0.1, -0.05) is 0 Å². The quantitative estimate of drug-likeness (QED) is 0.854. The maximum atomic E-state index is 11.4. The minimum Gasteiger partial charge on any atom is -0.408 e. The van der Waals surface area contributed by atoms with Crippen molar-refractivity contribution in [3.8, 4) is 0 Å². The van der Waals surface area contributed by atoms with Gasteiger partial charge in [0.2, 0.25) is 0 Å². The van der Waals surface area contributed by atoms with E-state index in [9.17, 15) is 4.79 Å². The number of hydrogen-bond acceptors (Lipinski definition) is 4. The Labute approximate surface area is 105 Å². The first-order chi connectivity index (χ1) is 8.74. The molecule has 0 aliphatic carbocycles. The van der Waals surface area contributed by atoms with Crippen molar-refractivity contribution in [3.63, 3.8) is 0 Å². The van der Waals surface area contributed by atoms with Crippen LogP contribution in [0.3, 0.4) is 0 Å². The van der Waals surface area contributed by atoms with Crippen LogP contribution in [0.5, 0.6) is 0 Å². The summed E-state index contributed by atoms with van der Waals surface area (Å²) in [7, 11) is 1.71. The van der Waals surface area contributed by atoms with E-state index in [1.54, 1.807) is 7.05 Å². The summed E-state index contributed by atoms with van der Waals surface area (Å²) in [6.07, 6.45) is 1.22. The number of anilines is 1. The zero-order valence-electron chi connectivity index (χ0n) is 10.4. The van der Waals surface area contributed by atoms with Gasteiger partial charge in [0.25, 0.3) is 0 Å². The van der Waals surface area contributed by atoms with Crippen LogP contribution in [0.4, 0.5) is 5.69 Å². The molecule has 18 heavy (non-hydrogen) atoms. The van der Waals surface area contributed by atoms with Crippen molar-refractivity contribution in [2.75, 3.05) is 25.0 Å². The highest BCUT2D eigenvalue weighted by Gasteiger charge is 2.14. The first-order valence-electron chi connectivity index (χ1n) is 6.28. The fourth-order valence-corrected chi connectivity index (χ4v) is 2.39. The normalized spacial score (nSPS) is 19.5. The Morgan fingerprint density at radius 1 is 1.56 bits per heavy atom. The molecule has 0 spiro atoms. The molecule has 1 aromatic carbocycles. The van der Waals surface area contributed by atoms with E-state index in [-0.39, 0.29) is 5.76 Å². The predicted octanol–water partition coefficient (Wildman–Crippen LogP) is 1.15. The fraction of sp³-hybridized carbons (Fsp3) is 0.462. The van der Waals surface area contributed by atoms with Gasteiger partial charge in [0.1, 0.15) is 0 Å². The molecule has 0 amide bonds. The second-order valence-electron chi connectivity index (χ2n) is 4.85. The number of benzene rings is 1. The van der Waals surface area contributed by atoms with Crippen LogP contribution in [0.15, 0.2) is 27.4 Å². The molecule has 3 rings (SSSR count). The van der Waals surface area contributed by atoms with Gasteiger partial charge >= 0.3 is 5.76 Å². The van der Waals surface area contributed by atoms with Gasteiger partial charge < -0.3 is 15.1 Å². The van der Waals surface area contributed by atoms with E-state index in [4.69, 9.17) is 4.42 Å². The molecule has 1 aliphatic heterocycles. The van der Waals surface area contributed by atoms with Crippen LogP contribution in [0.1, 0.15) is 6.42 Å². The number of aryl methyl sites for hydroxylation is 1. The van der Waals surface area contributed by atoms with E-state index < -0.39 is 0 Å². The topological polar surface area (TPSA) is 59.2 Å². The maximum absolute atomic E-state index is 11.4. The lowest BCUT2D eigenvalue weighted by Crippen LogP contribution is -2.17. The summed E-state index contributed by atoms with van der Waals surface area (Å²) in [5.74, 6) is 0.366.